The summed E-state index contributed by atoms with van der Waals surface area (Å²) in [5.41, 5.74) is -4.43. The summed E-state index contributed by atoms with van der Waals surface area (Å²) >= 11 is 0. The molecule has 0 unspecified atom stereocenters. The second-order valence-electron chi connectivity index (χ2n) is 8.40. The molecule has 1 aromatic carbocycles. The topological polar surface area (TPSA) is 114 Å². The average Bonchev–Trinajstić information content (AvgIpc) is 3.09. The second kappa shape index (κ2) is 9.82. The number of nitrogens with one attached hydrogen (secondary N) is 1. The number of aromatic nitrogens is 2. The molecule has 0 radical (unpaired) electrons. The number of ether oxygens (including phenoxy) is 2. The smallest absolute Gasteiger partial charge is 0.419 e. The normalized spacial score (nSPS) is 25.5. The number of benzene rings is 1. The number of aliphatic hydroxyl groups excluding tert-OH is 2. The van der Waals surface area contributed by atoms with Crippen LogP contribution in [0, 0.1) is 5.92 Å². The number of alkyl halides is 6. The summed E-state index contributed by atoms with van der Waals surface area (Å²) in [7, 11) is 0.951. The number of aliphatic hydroxyl groups is 2. The Morgan fingerprint density at radius 2 is 1.83 bits per heavy atom. The number of hydrogen-bond acceptors (Lipinski definition) is 7. The van der Waals surface area contributed by atoms with Crippen LogP contribution in [0.4, 0.5) is 32.0 Å². The van der Waals surface area contributed by atoms with Gasteiger partial charge in [0.15, 0.2) is 11.4 Å². The van der Waals surface area contributed by atoms with Crippen LogP contribution in [0.1, 0.15) is 42.8 Å². The molecular formula is C22H23F6N3O5. The van der Waals surface area contributed by atoms with Gasteiger partial charge in [0.2, 0.25) is 0 Å². The first-order valence-corrected chi connectivity index (χ1v) is 10.6. The lowest BCUT2D eigenvalue weighted by Crippen LogP contribution is -2.47. The Kier molecular flexibility index (Phi) is 7.54. The van der Waals surface area contributed by atoms with Gasteiger partial charge in [0.25, 0.3) is 5.91 Å². The van der Waals surface area contributed by atoms with Gasteiger partial charge in [-0.15, -0.1) is 0 Å². The van der Waals surface area contributed by atoms with Gasteiger partial charge in [0.05, 0.1) is 37.4 Å². The van der Waals surface area contributed by atoms with Gasteiger partial charge in [-0.25, -0.2) is 9.97 Å². The minimum atomic E-state index is -4.96. The van der Waals surface area contributed by atoms with Crippen molar-refractivity contribution in [3.8, 4) is 5.75 Å². The van der Waals surface area contributed by atoms with Gasteiger partial charge < -0.3 is 25.0 Å². The van der Waals surface area contributed by atoms with E-state index in [1.54, 1.807) is 0 Å². The number of halogens is 6. The highest BCUT2D eigenvalue weighted by Crippen LogP contribution is 2.55. The number of para-hydroxylation sites is 1. The van der Waals surface area contributed by atoms with Crippen molar-refractivity contribution in [2.45, 2.75) is 49.9 Å². The second-order valence-corrected chi connectivity index (χ2v) is 8.40. The fraction of sp³-hybridized carbons (Fsp3) is 0.500. The van der Waals surface area contributed by atoms with Crippen LogP contribution in [0.5, 0.6) is 5.75 Å². The monoisotopic (exact) mass is 523 g/mol. The van der Waals surface area contributed by atoms with E-state index in [0.717, 1.165) is 51.6 Å². The van der Waals surface area contributed by atoms with E-state index in [9.17, 15) is 36.2 Å². The maximum atomic E-state index is 14.0. The lowest BCUT2D eigenvalue weighted by Gasteiger charge is -2.32. The maximum absolute atomic E-state index is 14.0. The van der Waals surface area contributed by atoms with E-state index in [1.807, 2.05) is 0 Å². The molecule has 2 aromatic rings. The minimum Gasteiger partial charge on any atom is -0.496 e. The summed E-state index contributed by atoms with van der Waals surface area (Å²) in [5.74, 6) is -4.94. The van der Waals surface area contributed by atoms with E-state index in [4.69, 9.17) is 14.6 Å². The van der Waals surface area contributed by atoms with Gasteiger partial charge in [-0.1, -0.05) is 19.1 Å². The molecule has 2 heterocycles. The first kappa shape index (κ1) is 27.6. The molecule has 0 aliphatic carbocycles. The van der Waals surface area contributed by atoms with Crippen LogP contribution in [-0.2, 0) is 15.7 Å². The molecule has 1 saturated heterocycles. The number of carbonyl (C=O) groups excluding carboxylic acids is 1. The summed E-state index contributed by atoms with van der Waals surface area (Å²) < 4.78 is 93.0. The van der Waals surface area contributed by atoms with Crippen molar-refractivity contribution in [1.82, 2.24) is 9.97 Å². The fourth-order valence-corrected chi connectivity index (χ4v) is 4.16. The number of amides is 1. The number of rotatable bonds is 6. The Morgan fingerprint density at radius 1 is 1.22 bits per heavy atom. The SMILES string of the molecule is COc1c([C@H]2[C@H](C(=O)Nc3cnc([C@@H](O)CO)nc3)O[C@@](C)(C(F)(F)F)[C@H]2C)cccc1C(F)(F)F. The number of hydrogen-bond donors (Lipinski definition) is 3. The Hall–Kier alpha value is -2.97. The van der Waals surface area contributed by atoms with Crippen LogP contribution in [0.2, 0.25) is 0 Å². The molecule has 1 fully saturated rings. The Morgan fingerprint density at radius 3 is 2.33 bits per heavy atom. The van der Waals surface area contributed by atoms with Crippen molar-refractivity contribution in [3.63, 3.8) is 0 Å². The summed E-state index contributed by atoms with van der Waals surface area (Å²) in [6, 6.07) is 2.90. The zero-order valence-electron chi connectivity index (χ0n) is 19.2. The maximum Gasteiger partial charge on any atom is 0.419 e. The summed E-state index contributed by atoms with van der Waals surface area (Å²) in [4.78, 5) is 20.6. The third-order valence-electron chi connectivity index (χ3n) is 6.25. The molecule has 8 nitrogen and oxygen atoms in total. The van der Waals surface area contributed by atoms with Crippen molar-refractivity contribution < 1.29 is 50.8 Å². The molecule has 3 rings (SSSR count). The highest BCUT2D eigenvalue weighted by Gasteiger charge is 2.66. The van der Waals surface area contributed by atoms with Crippen LogP contribution < -0.4 is 10.1 Å². The largest absolute Gasteiger partial charge is 0.496 e. The van der Waals surface area contributed by atoms with Crippen LogP contribution in [0.3, 0.4) is 0 Å². The standard InChI is InChI=1S/C22H23F6N3O5/c1-10-15(12-5-4-6-13(16(12)35-3)21(23,24)25)17(36-20(10,2)22(26,27)28)19(34)31-11-7-29-18(30-8-11)14(33)9-32/h4-8,10,14-15,17,32-33H,9H2,1-3H3,(H,31,34)/t10-,14-,15-,17+,20+/m0/s1. The van der Waals surface area contributed by atoms with E-state index < -0.39 is 65.8 Å². The number of carbonyl (C=O) groups is 1. The van der Waals surface area contributed by atoms with E-state index in [1.165, 1.54) is 0 Å². The molecule has 36 heavy (non-hydrogen) atoms. The van der Waals surface area contributed by atoms with Crippen molar-refractivity contribution in [2.75, 3.05) is 19.0 Å². The lowest BCUT2D eigenvalue weighted by molar-refractivity contribution is -0.272. The average molecular weight is 523 g/mol. The minimum absolute atomic E-state index is 0.0829. The van der Waals surface area contributed by atoms with Crippen molar-refractivity contribution in [2.24, 2.45) is 5.92 Å². The zero-order chi connectivity index (χ0) is 27.1. The molecule has 0 bridgehead atoms. The van der Waals surface area contributed by atoms with E-state index >= 15 is 0 Å². The van der Waals surface area contributed by atoms with Crippen LogP contribution >= 0.6 is 0 Å². The van der Waals surface area contributed by atoms with Gasteiger partial charge in [-0.2, -0.15) is 26.3 Å². The summed E-state index contributed by atoms with van der Waals surface area (Å²) in [6.45, 7) is 1.20. The molecule has 1 amide bonds. The molecule has 1 aliphatic rings. The first-order valence-electron chi connectivity index (χ1n) is 10.6. The third kappa shape index (κ3) is 4.97. The molecule has 198 valence electrons. The van der Waals surface area contributed by atoms with Gasteiger partial charge in [0.1, 0.15) is 18.0 Å². The predicted octanol–water partition coefficient (Wildman–Crippen LogP) is 3.61. The Balaban J connectivity index is 2.05. The fourth-order valence-electron chi connectivity index (χ4n) is 4.16. The quantitative estimate of drug-likeness (QED) is 0.496. The summed E-state index contributed by atoms with van der Waals surface area (Å²) in [6.07, 6.45) is -11.0. The molecule has 1 aromatic heterocycles. The molecular weight excluding hydrogens is 500 g/mol. The highest BCUT2D eigenvalue weighted by atomic mass is 19.4. The van der Waals surface area contributed by atoms with Gasteiger partial charge in [-0.3, -0.25) is 4.79 Å². The third-order valence-corrected chi connectivity index (χ3v) is 6.25. The highest BCUT2D eigenvalue weighted by molar-refractivity contribution is 5.95. The zero-order valence-corrected chi connectivity index (χ0v) is 19.2. The predicted molar refractivity (Wildman–Crippen MR) is 112 cm³/mol. The van der Waals surface area contributed by atoms with Gasteiger partial charge >= 0.3 is 12.4 Å². The molecule has 1 aliphatic heterocycles. The van der Waals surface area contributed by atoms with Crippen molar-refractivity contribution in [1.29, 1.82) is 0 Å². The number of anilines is 1. The van der Waals surface area contributed by atoms with Gasteiger partial charge in [-0.05, 0) is 13.0 Å². The lowest BCUT2D eigenvalue weighted by atomic mass is 9.76. The number of methoxy groups -OCH3 is 1. The van der Waals surface area contributed by atoms with Crippen LogP contribution in [0.15, 0.2) is 30.6 Å². The van der Waals surface area contributed by atoms with Crippen LogP contribution in [0.25, 0.3) is 0 Å². The molecule has 0 spiro atoms. The number of nitrogens with zero attached hydrogens (tertiary/aromatic N) is 2. The molecule has 5 atom stereocenters. The first-order chi connectivity index (χ1) is 16.7. The Labute approximate surface area is 201 Å². The van der Waals surface area contributed by atoms with Crippen LogP contribution in [-0.4, -0.2) is 57.7 Å². The van der Waals surface area contributed by atoms with E-state index in [2.05, 4.69) is 15.3 Å². The van der Waals surface area contributed by atoms with Crippen molar-refractivity contribution >= 4 is 11.6 Å². The van der Waals surface area contributed by atoms with E-state index in [0.29, 0.717) is 0 Å². The summed E-state index contributed by atoms with van der Waals surface area (Å²) in [5, 5.41) is 20.8. The van der Waals surface area contributed by atoms with E-state index in [-0.39, 0.29) is 17.1 Å². The van der Waals surface area contributed by atoms with Gasteiger partial charge in [0, 0.05) is 17.4 Å². The molecule has 3 N–H and O–H groups in total. The molecule has 14 heteroatoms. The molecule has 0 saturated carbocycles. The Bertz CT molecular complexity index is 1100. The van der Waals surface area contributed by atoms with Crippen molar-refractivity contribution in [3.05, 3.63) is 47.5 Å².